The molecule has 0 spiro atoms. The summed E-state index contributed by atoms with van der Waals surface area (Å²) in [5.74, 6) is -0.693. The third-order valence-electron chi connectivity index (χ3n) is 3.88. The van der Waals surface area contributed by atoms with Gasteiger partial charge in [-0.3, -0.25) is 9.59 Å². The van der Waals surface area contributed by atoms with E-state index in [9.17, 15) is 14.0 Å². The predicted molar refractivity (Wildman–Crippen MR) is 111 cm³/mol. The monoisotopic (exact) mass is 394 g/mol. The molecule has 142 valence electrons. The van der Waals surface area contributed by atoms with Crippen molar-refractivity contribution in [1.82, 2.24) is 0 Å². The fourth-order valence-electron chi connectivity index (χ4n) is 2.60. The minimum absolute atomic E-state index is 0.138. The summed E-state index contributed by atoms with van der Waals surface area (Å²) in [5.41, 5.74) is 2.09. The van der Waals surface area contributed by atoms with Gasteiger partial charge in [-0.05, 0) is 54.1 Å². The van der Waals surface area contributed by atoms with Gasteiger partial charge in [-0.2, -0.15) is 0 Å². The van der Waals surface area contributed by atoms with Crippen molar-refractivity contribution in [2.24, 2.45) is 0 Å². The molecule has 2 amide bonds. The standard InChI is InChI=1S/C22H19FN2O2S/c1-15(26)24-18-11-13-20(14-12-18)28-21(16-5-3-2-4-6-16)22(27)25-19-9-7-17(23)8-10-19/h2-14,21H,1H3,(H,24,26)(H,25,27)/t21-/m1/s1. The van der Waals surface area contributed by atoms with E-state index in [1.165, 1.54) is 43.0 Å². The summed E-state index contributed by atoms with van der Waals surface area (Å²) >= 11 is 1.40. The van der Waals surface area contributed by atoms with E-state index in [0.717, 1.165) is 10.5 Å². The van der Waals surface area contributed by atoms with Crippen molar-refractivity contribution in [2.75, 3.05) is 10.6 Å². The largest absolute Gasteiger partial charge is 0.326 e. The number of nitrogens with one attached hydrogen (secondary N) is 2. The van der Waals surface area contributed by atoms with E-state index in [4.69, 9.17) is 0 Å². The summed E-state index contributed by atoms with van der Waals surface area (Å²) < 4.78 is 13.1. The van der Waals surface area contributed by atoms with Gasteiger partial charge in [0.05, 0.1) is 0 Å². The van der Waals surface area contributed by atoms with Gasteiger partial charge < -0.3 is 10.6 Å². The molecule has 0 aliphatic heterocycles. The number of carbonyl (C=O) groups excluding carboxylic acids is 2. The lowest BCUT2D eigenvalue weighted by Crippen LogP contribution is -2.19. The third-order valence-corrected chi connectivity index (χ3v) is 5.15. The zero-order valence-electron chi connectivity index (χ0n) is 15.2. The van der Waals surface area contributed by atoms with Crippen molar-refractivity contribution in [2.45, 2.75) is 17.1 Å². The molecule has 0 aliphatic carbocycles. The maximum atomic E-state index is 13.1. The number of thioether (sulfide) groups is 1. The SMILES string of the molecule is CC(=O)Nc1ccc(S[C@@H](C(=O)Nc2ccc(F)cc2)c2ccccc2)cc1. The Hall–Kier alpha value is -3.12. The maximum Gasteiger partial charge on any atom is 0.242 e. The van der Waals surface area contributed by atoms with Gasteiger partial charge in [0.15, 0.2) is 0 Å². The van der Waals surface area contributed by atoms with Gasteiger partial charge in [0.1, 0.15) is 11.1 Å². The lowest BCUT2D eigenvalue weighted by atomic mass is 10.1. The molecule has 3 rings (SSSR count). The Bertz CT molecular complexity index is 945. The Labute approximate surface area is 167 Å². The second kappa shape index (κ2) is 9.19. The Morgan fingerprint density at radius 3 is 2.00 bits per heavy atom. The highest BCUT2D eigenvalue weighted by Crippen LogP contribution is 2.36. The van der Waals surface area contributed by atoms with E-state index in [1.54, 1.807) is 12.1 Å². The molecule has 0 aromatic heterocycles. The lowest BCUT2D eigenvalue weighted by Gasteiger charge is -2.17. The van der Waals surface area contributed by atoms with Gasteiger partial charge in [0.25, 0.3) is 0 Å². The van der Waals surface area contributed by atoms with Crippen LogP contribution >= 0.6 is 11.8 Å². The summed E-state index contributed by atoms with van der Waals surface area (Å²) in [6, 6.07) is 22.4. The smallest absolute Gasteiger partial charge is 0.242 e. The van der Waals surface area contributed by atoms with Crippen LogP contribution in [0.25, 0.3) is 0 Å². The van der Waals surface area contributed by atoms with Crippen LogP contribution in [0.4, 0.5) is 15.8 Å². The first kappa shape index (κ1) is 19.6. The fourth-order valence-corrected chi connectivity index (χ4v) is 3.62. The number of halogens is 1. The van der Waals surface area contributed by atoms with Crippen LogP contribution in [0.5, 0.6) is 0 Å². The van der Waals surface area contributed by atoms with Crippen molar-refractivity contribution in [3.05, 3.63) is 90.2 Å². The minimum Gasteiger partial charge on any atom is -0.326 e. The summed E-state index contributed by atoms with van der Waals surface area (Å²) in [5, 5.41) is 5.07. The topological polar surface area (TPSA) is 58.2 Å². The first-order valence-electron chi connectivity index (χ1n) is 8.67. The van der Waals surface area contributed by atoms with Gasteiger partial charge in [-0.1, -0.05) is 30.3 Å². The van der Waals surface area contributed by atoms with Gasteiger partial charge in [0.2, 0.25) is 11.8 Å². The molecule has 3 aromatic carbocycles. The number of amides is 2. The van der Waals surface area contributed by atoms with E-state index in [0.29, 0.717) is 11.4 Å². The molecule has 3 aromatic rings. The molecule has 0 unspecified atom stereocenters. The van der Waals surface area contributed by atoms with E-state index in [2.05, 4.69) is 10.6 Å². The molecule has 0 radical (unpaired) electrons. The molecular weight excluding hydrogens is 375 g/mol. The third kappa shape index (κ3) is 5.44. The first-order valence-corrected chi connectivity index (χ1v) is 9.55. The van der Waals surface area contributed by atoms with E-state index >= 15 is 0 Å². The van der Waals surface area contributed by atoms with Crippen molar-refractivity contribution >= 4 is 35.0 Å². The quantitative estimate of drug-likeness (QED) is 0.561. The molecule has 0 saturated heterocycles. The molecule has 0 heterocycles. The van der Waals surface area contributed by atoms with Crippen molar-refractivity contribution < 1.29 is 14.0 Å². The zero-order valence-corrected chi connectivity index (χ0v) is 16.0. The second-order valence-electron chi connectivity index (χ2n) is 6.11. The van der Waals surface area contributed by atoms with Gasteiger partial charge in [0, 0.05) is 23.2 Å². The molecule has 6 heteroatoms. The minimum atomic E-state index is -0.488. The van der Waals surface area contributed by atoms with Gasteiger partial charge in [-0.15, -0.1) is 11.8 Å². The van der Waals surface area contributed by atoms with Crippen molar-refractivity contribution in [3.63, 3.8) is 0 Å². The Balaban J connectivity index is 1.80. The molecule has 0 aliphatic rings. The van der Waals surface area contributed by atoms with Crippen LogP contribution in [-0.2, 0) is 9.59 Å². The maximum absolute atomic E-state index is 13.1. The Kier molecular flexibility index (Phi) is 6.45. The van der Waals surface area contributed by atoms with Crippen LogP contribution in [0.15, 0.2) is 83.8 Å². The zero-order chi connectivity index (χ0) is 19.9. The summed E-state index contributed by atoms with van der Waals surface area (Å²) in [6.07, 6.45) is 0. The average Bonchev–Trinajstić information content (AvgIpc) is 2.69. The first-order chi connectivity index (χ1) is 13.5. The number of carbonyl (C=O) groups is 2. The number of anilines is 2. The number of hydrogen-bond acceptors (Lipinski definition) is 3. The Morgan fingerprint density at radius 1 is 0.821 bits per heavy atom. The number of rotatable bonds is 6. The van der Waals surface area contributed by atoms with Crippen molar-refractivity contribution in [1.29, 1.82) is 0 Å². The highest BCUT2D eigenvalue weighted by Gasteiger charge is 2.22. The fraction of sp³-hybridized carbons (Fsp3) is 0.0909. The molecule has 0 saturated carbocycles. The normalized spacial score (nSPS) is 11.5. The predicted octanol–water partition coefficient (Wildman–Crippen LogP) is 5.26. The molecule has 0 bridgehead atoms. The van der Waals surface area contributed by atoms with E-state index in [1.807, 2.05) is 42.5 Å². The molecule has 1 atom stereocenters. The van der Waals surface area contributed by atoms with Gasteiger partial charge in [-0.25, -0.2) is 4.39 Å². The van der Waals surface area contributed by atoms with Crippen molar-refractivity contribution in [3.8, 4) is 0 Å². The average molecular weight is 394 g/mol. The summed E-state index contributed by atoms with van der Waals surface area (Å²) in [4.78, 5) is 25.0. The van der Waals surface area contributed by atoms with E-state index < -0.39 is 5.25 Å². The molecule has 0 fully saturated rings. The highest BCUT2D eigenvalue weighted by atomic mass is 32.2. The lowest BCUT2D eigenvalue weighted by molar-refractivity contribution is -0.116. The highest BCUT2D eigenvalue weighted by molar-refractivity contribution is 8.00. The van der Waals surface area contributed by atoms with Crippen LogP contribution < -0.4 is 10.6 Å². The number of hydrogen-bond donors (Lipinski definition) is 2. The second-order valence-corrected chi connectivity index (χ2v) is 7.29. The van der Waals surface area contributed by atoms with Gasteiger partial charge >= 0.3 is 0 Å². The van der Waals surface area contributed by atoms with Crippen LogP contribution in [0.2, 0.25) is 0 Å². The van der Waals surface area contributed by atoms with Crippen LogP contribution in [0.1, 0.15) is 17.7 Å². The summed E-state index contributed by atoms with van der Waals surface area (Å²) in [6.45, 7) is 1.45. The Morgan fingerprint density at radius 2 is 1.39 bits per heavy atom. The van der Waals surface area contributed by atoms with Crippen LogP contribution in [-0.4, -0.2) is 11.8 Å². The molecule has 2 N–H and O–H groups in total. The number of benzene rings is 3. The summed E-state index contributed by atoms with van der Waals surface area (Å²) in [7, 11) is 0. The van der Waals surface area contributed by atoms with Crippen LogP contribution in [0.3, 0.4) is 0 Å². The van der Waals surface area contributed by atoms with E-state index in [-0.39, 0.29) is 17.6 Å². The molecule has 28 heavy (non-hydrogen) atoms. The molecule has 4 nitrogen and oxygen atoms in total. The van der Waals surface area contributed by atoms with Crippen LogP contribution in [0, 0.1) is 5.82 Å². The molecular formula is C22H19FN2O2S.